The second-order valence-electron chi connectivity index (χ2n) is 2.97. The van der Waals surface area contributed by atoms with E-state index in [1.165, 1.54) is 6.92 Å². The van der Waals surface area contributed by atoms with Crippen molar-refractivity contribution in [2.45, 2.75) is 13.3 Å². The minimum atomic E-state index is -2.91. The Kier molecular flexibility index (Phi) is 3.14. The van der Waals surface area contributed by atoms with Crippen LogP contribution in [0.1, 0.15) is 39.6 Å². The molecule has 0 saturated carbocycles. The number of alkyl halides is 2. The first-order valence-corrected chi connectivity index (χ1v) is 4.08. The molecule has 0 unspecified atom stereocenters. The number of aromatic hydroxyl groups is 1. The summed E-state index contributed by atoms with van der Waals surface area (Å²) in [5.74, 6) is -1.06. The van der Waals surface area contributed by atoms with Crippen molar-refractivity contribution in [3.8, 4) is 5.75 Å². The van der Waals surface area contributed by atoms with Crippen molar-refractivity contribution in [1.82, 2.24) is 0 Å². The number of Topliss-reactive ketones (excluding diaryl/α,β-unsaturated/α-hetero) is 1. The lowest BCUT2D eigenvalue weighted by atomic mass is 10.0. The van der Waals surface area contributed by atoms with Gasteiger partial charge in [0.1, 0.15) is 5.75 Å². The van der Waals surface area contributed by atoms with E-state index in [2.05, 4.69) is 0 Å². The Morgan fingerprint density at radius 3 is 2.47 bits per heavy atom. The van der Waals surface area contributed by atoms with Crippen molar-refractivity contribution in [2.24, 2.45) is 0 Å². The summed E-state index contributed by atoms with van der Waals surface area (Å²) in [6.07, 6.45) is -2.77. The molecule has 5 heteroatoms. The summed E-state index contributed by atoms with van der Waals surface area (Å²) >= 11 is 0. The third kappa shape index (κ3) is 2.18. The topological polar surface area (TPSA) is 54.4 Å². The average molecular weight is 214 g/mol. The predicted octanol–water partition coefficient (Wildman–Crippen LogP) is 2.34. The van der Waals surface area contributed by atoms with E-state index in [0.717, 1.165) is 12.1 Å². The maximum absolute atomic E-state index is 12.5. The van der Waals surface area contributed by atoms with Gasteiger partial charge in [-0.05, 0) is 19.1 Å². The van der Waals surface area contributed by atoms with Crippen LogP contribution in [-0.2, 0) is 0 Å². The Bertz CT molecular complexity index is 413. The minimum Gasteiger partial charge on any atom is -0.507 e. The average Bonchev–Trinajstić information content (AvgIpc) is 2.16. The highest BCUT2D eigenvalue weighted by molar-refractivity contribution is 5.96. The van der Waals surface area contributed by atoms with Crippen LogP contribution in [0.4, 0.5) is 8.78 Å². The SMILES string of the molecule is CC(=O)c1cc(O)c(C=O)c(C(F)F)c1. The molecule has 0 atom stereocenters. The molecular formula is C10H8F2O3. The maximum Gasteiger partial charge on any atom is 0.264 e. The first-order chi connectivity index (χ1) is 6.97. The molecule has 0 aromatic heterocycles. The van der Waals surface area contributed by atoms with Crippen LogP contribution in [0, 0.1) is 0 Å². The van der Waals surface area contributed by atoms with Gasteiger partial charge in [-0.1, -0.05) is 0 Å². The molecule has 0 bridgehead atoms. The Balaban J connectivity index is 3.45. The highest BCUT2D eigenvalue weighted by Gasteiger charge is 2.18. The van der Waals surface area contributed by atoms with Gasteiger partial charge in [0.25, 0.3) is 6.43 Å². The summed E-state index contributed by atoms with van der Waals surface area (Å²) in [5, 5.41) is 9.25. The van der Waals surface area contributed by atoms with Gasteiger partial charge in [0.2, 0.25) is 0 Å². The summed E-state index contributed by atoms with van der Waals surface area (Å²) < 4.78 is 24.9. The van der Waals surface area contributed by atoms with Crippen LogP contribution in [0.15, 0.2) is 12.1 Å². The lowest BCUT2D eigenvalue weighted by molar-refractivity contribution is 0.101. The van der Waals surface area contributed by atoms with Crippen LogP contribution in [0.2, 0.25) is 0 Å². The summed E-state index contributed by atoms with van der Waals surface area (Å²) in [7, 11) is 0. The van der Waals surface area contributed by atoms with Crippen LogP contribution in [0.3, 0.4) is 0 Å². The van der Waals surface area contributed by atoms with Gasteiger partial charge in [0.15, 0.2) is 12.1 Å². The van der Waals surface area contributed by atoms with Crippen LogP contribution in [0.5, 0.6) is 5.75 Å². The second-order valence-corrected chi connectivity index (χ2v) is 2.97. The normalized spacial score (nSPS) is 10.4. The molecule has 3 nitrogen and oxygen atoms in total. The fraction of sp³-hybridized carbons (Fsp3) is 0.200. The van der Waals surface area contributed by atoms with Gasteiger partial charge in [-0.15, -0.1) is 0 Å². The smallest absolute Gasteiger partial charge is 0.264 e. The molecule has 1 rings (SSSR count). The zero-order valence-corrected chi connectivity index (χ0v) is 7.83. The van der Waals surface area contributed by atoms with Gasteiger partial charge in [-0.2, -0.15) is 0 Å². The molecule has 0 saturated heterocycles. The zero-order chi connectivity index (χ0) is 11.6. The molecule has 1 aromatic carbocycles. The Morgan fingerprint density at radius 1 is 1.47 bits per heavy atom. The third-order valence-electron chi connectivity index (χ3n) is 1.95. The van der Waals surface area contributed by atoms with E-state index < -0.39 is 29.1 Å². The maximum atomic E-state index is 12.5. The number of halogens is 2. The molecule has 0 aliphatic carbocycles. The summed E-state index contributed by atoms with van der Waals surface area (Å²) in [4.78, 5) is 21.4. The van der Waals surface area contributed by atoms with E-state index in [1.54, 1.807) is 0 Å². The molecule has 0 fully saturated rings. The number of rotatable bonds is 3. The summed E-state index contributed by atoms with van der Waals surface area (Å²) in [5.41, 5.74) is -1.15. The van der Waals surface area contributed by atoms with Crippen LogP contribution < -0.4 is 0 Å². The Labute approximate surface area is 84.3 Å². The highest BCUT2D eigenvalue weighted by atomic mass is 19.3. The number of hydrogen-bond acceptors (Lipinski definition) is 3. The van der Waals surface area contributed by atoms with Crippen LogP contribution >= 0.6 is 0 Å². The summed E-state index contributed by atoms with van der Waals surface area (Å²) in [6.45, 7) is 1.19. The Morgan fingerprint density at radius 2 is 2.07 bits per heavy atom. The number of carbonyl (C=O) groups excluding carboxylic acids is 2. The number of phenolic OH excluding ortho intramolecular Hbond substituents is 1. The van der Waals surface area contributed by atoms with Crippen molar-refractivity contribution >= 4 is 12.1 Å². The fourth-order valence-electron chi connectivity index (χ4n) is 1.17. The van der Waals surface area contributed by atoms with E-state index in [-0.39, 0.29) is 11.8 Å². The van der Waals surface area contributed by atoms with Gasteiger partial charge in [-0.3, -0.25) is 9.59 Å². The van der Waals surface area contributed by atoms with Gasteiger partial charge < -0.3 is 5.11 Å². The number of benzene rings is 1. The molecule has 80 valence electrons. The molecule has 0 spiro atoms. The predicted molar refractivity (Wildman–Crippen MR) is 48.5 cm³/mol. The van der Waals surface area contributed by atoms with E-state index in [9.17, 15) is 23.5 Å². The molecule has 1 aromatic rings. The minimum absolute atomic E-state index is 0.0478. The van der Waals surface area contributed by atoms with Gasteiger partial charge in [0, 0.05) is 11.1 Å². The van der Waals surface area contributed by atoms with Crippen molar-refractivity contribution in [3.05, 3.63) is 28.8 Å². The van der Waals surface area contributed by atoms with E-state index in [4.69, 9.17) is 0 Å². The standard InChI is InChI=1S/C10H8F2O3/c1-5(14)6-2-7(10(11)12)8(4-13)9(15)3-6/h2-4,10,15H,1H3. The first-order valence-electron chi connectivity index (χ1n) is 4.08. The monoisotopic (exact) mass is 214 g/mol. The van der Waals surface area contributed by atoms with Gasteiger partial charge in [-0.25, -0.2) is 8.78 Å². The highest BCUT2D eigenvalue weighted by Crippen LogP contribution is 2.29. The van der Waals surface area contributed by atoms with Gasteiger partial charge in [0.05, 0.1) is 5.56 Å². The molecule has 0 aliphatic rings. The molecule has 15 heavy (non-hydrogen) atoms. The van der Waals surface area contributed by atoms with Crippen molar-refractivity contribution in [1.29, 1.82) is 0 Å². The number of carbonyl (C=O) groups is 2. The molecule has 1 N–H and O–H groups in total. The molecule has 0 aliphatic heterocycles. The lowest BCUT2D eigenvalue weighted by Gasteiger charge is -2.07. The third-order valence-corrected chi connectivity index (χ3v) is 1.95. The fourth-order valence-corrected chi connectivity index (χ4v) is 1.17. The number of aldehydes is 1. The zero-order valence-electron chi connectivity index (χ0n) is 7.83. The van der Waals surface area contributed by atoms with E-state index >= 15 is 0 Å². The number of phenols is 1. The molecule has 0 heterocycles. The van der Waals surface area contributed by atoms with Crippen molar-refractivity contribution in [3.63, 3.8) is 0 Å². The molecule has 0 radical (unpaired) electrons. The Hall–Kier alpha value is -1.78. The first kappa shape index (κ1) is 11.3. The largest absolute Gasteiger partial charge is 0.507 e. The van der Waals surface area contributed by atoms with Crippen molar-refractivity contribution in [2.75, 3.05) is 0 Å². The quantitative estimate of drug-likeness (QED) is 0.620. The van der Waals surface area contributed by atoms with Crippen LogP contribution in [0.25, 0.3) is 0 Å². The molecular weight excluding hydrogens is 206 g/mol. The van der Waals surface area contributed by atoms with E-state index in [1.807, 2.05) is 0 Å². The second kappa shape index (κ2) is 4.16. The lowest BCUT2D eigenvalue weighted by Crippen LogP contribution is -1.99. The summed E-state index contributed by atoms with van der Waals surface area (Å²) in [6, 6.07) is 1.91. The number of ketones is 1. The van der Waals surface area contributed by atoms with Gasteiger partial charge >= 0.3 is 0 Å². The number of hydrogen-bond donors (Lipinski definition) is 1. The van der Waals surface area contributed by atoms with Crippen LogP contribution in [-0.4, -0.2) is 17.2 Å². The molecule has 0 amide bonds. The van der Waals surface area contributed by atoms with Crippen molar-refractivity contribution < 1.29 is 23.5 Å². The van der Waals surface area contributed by atoms with E-state index in [0.29, 0.717) is 0 Å².